The van der Waals surface area contributed by atoms with Crippen LogP contribution in [0, 0.1) is 11.7 Å². The third-order valence-corrected chi connectivity index (χ3v) is 2.63. The van der Waals surface area contributed by atoms with Crippen LogP contribution in [0.5, 0.6) is 5.75 Å². The molecule has 0 radical (unpaired) electrons. The van der Waals surface area contributed by atoms with Gasteiger partial charge in [0.05, 0.1) is 12.5 Å². The highest BCUT2D eigenvalue weighted by atomic mass is 19.1. The summed E-state index contributed by atoms with van der Waals surface area (Å²) < 4.78 is 18.6. The molecule has 4 nitrogen and oxygen atoms in total. The fourth-order valence-corrected chi connectivity index (χ4v) is 1.53. The second-order valence-corrected chi connectivity index (χ2v) is 3.90. The number of hydrogen-bond donors (Lipinski definition) is 2. The molecule has 18 heavy (non-hydrogen) atoms. The van der Waals surface area contributed by atoms with Gasteiger partial charge in [0.2, 0.25) is 0 Å². The molecule has 0 aliphatic heterocycles. The van der Waals surface area contributed by atoms with Crippen LogP contribution in [0.2, 0.25) is 0 Å². The van der Waals surface area contributed by atoms with Crippen molar-refractivity contribution in [3.63, 3.8) is 0 Å². The zero-order chi connectivity index (χ0) is 13.5. The van der Waals surface area contributed by atoms with Crippen molar-refractivity contribution in [1.82, 2.24) is 0 Å². The molecule has 1 unspecified atom stereocenters. The van der Waals surface area contributed by atoms with E-state index in [0.29, 0.717) is 18.7 Å². The molecule has 0 aliphatic rings. The summed E-state index contributed by atoms with van der Waals surface area (Å²) in [7, 11) is 0. The molecule has 0 heterocycles. The number of carboxylic acid groups (broad SMARTS) is 1. The average molecular weight is 255 g/mol. The summed E-state index contributed by atoms with van der Waals surface area (Å²) in [5.41, 5.74) is 0.552. The second kappa shape index (κ2) is 6.83. The van der Waals surface area contributed by atoms with Crippen molar-refractivity contribution in [3.8, 4) is 5.75 Å². The fourth-order valence-electron chi connectivity index (χ4n) is 1.53. The van der Waals surface area contributed by atoms with E-state index >= 15 is 0 Å². The lowest BCUT2D eigenvalue weighted by Gasteiger charge is -2.13. The van der Waals surface area contributed by atoms with Crippen molar-refractivity contribution in [2.45, 2.75) is 20.3 Å². The summed E-state index contributed by atoms with van der Waals surface area (Å²) in [6.45, 7) is 4.27. The van der Waals surface area contributed by atoms with Crippen LogP contribution >= 0.6 is 0 Å². The predicted octanol–water partition coefficient (Wildman–Crippen LogP) is 2.75. The van der Waals surface area contributed by atoms with E-state index in [1.54, 1.807) is 19.9 Å². The third-order valence-electron chi connectivity index (χ3n) is 2.63. The lowest BCUT2D eigenvalue weighted by Crippen LogP contribution is -2.22. The van der Waals surface area contributed by atoms with Gasteiger partial charge in [0.25, 0.3) is 0 Å². The highest BCUT2D eigenvalue weighted by molar-refractivity contribution is 5.70. The first-order valence-electron chi connectivity index (χ1n) is 5.97. The van der Waals surface area contributed by atoms with Crippen molar-refractivity contribution >= 4 is 11.7 Å². The van der Waals surface area contributed by atoms with Crippen LogP contribution in [0.25, 0.3) is 0 Å². The minimum Gasteiger partial charge on any atom is -0.491 e. The molecule has 0 amide bonds. The molecule has 100 valence electrons. The maximum Gasteiger partial charge on any atom is 0.308 e. The van der Waals surface area contributed by atoms with E-state index in [2.05, 4.69) is 5.32 Å². The standard InChI is InChI=1S/C13H18FNO3/c1-3-9(13(16)17)8-15-10-5-6-12(18-4-2)11(14)7-10/h5-7,9,15H,3-4,8H2,1-2H3,(H,16,17). The van der Waals surface area contributed by atoms with Crippen LogP contribution < -0.4 is 10.1 Å². The molecule has 0 saturated heterocycles. The predicted molar refractivity (Wildman–Crippen MR) is 67.5 cm³/mol. The Morgan fingerprint density at radius 2 is 2.22 bits per heavy atom. The first-order chi connectivity index (χ1) is 8.58. The van der Waals surface area contributed by atoms with Gasteiger partial charge in [0.15, 0.2) is 11.6 Å². The summed E-state index contributed by atoms with van der Waals surface area (Å²) in [5, 5.41) is 11.8. The Morgan fingerprint density at radius 3 is 2.72 bits per heavy atom. The van der Waals surface area contributed by atoms with E-state index in [4.69, 9.17) is 9.84 Å². The molecule has 5 heteroatoms. The summed E-state index contributed by atoms with van der Waals surface area (Å²) in [5.74, 6) is -1.57. The van der Waals surface area contributed by atoms with Gasteiger partial charge < -0.3 is 15.2 Å². The zero-order valence-corrected chi connectivity index (χ0v) is 10.6. The molecule has 2 N–H and O–H groups in total. The Labute approximate surface area is 106 Å². The van der Waals surface area contributed by atoms with E-state index < -0.39 is 17.7 Å². The van der Waals surface area contributed by atoms with Gasteiger partial charge in [-0.25, -0.2) is 4.39 Å². The van der Waals surface area contributed by atoms with Gasteiger partial charge >= 0.3 is 5.97 Å². The van der Waals surface area contributed by atoms with Crippen molar-refractivity contribution in [3.05, 3.63) is 24.0 Å². The van der Waals surface area contributed by atoms with Crippen LogP contribution in [0.15, 0.2) is 18.2 Å². The van der Waals surface area contributed by atoms with Gasteiger partial charge in [-0.15, -0.1) is 0 Å². The second-order valence-electron chi connectivity index (χ2n) is 3.90. The van der Waals surface area contributed by atoms with E-state index in [1.165, 1.54) is 12.1 Å². The highest BCUT2D eigenvalue weighted by Gasteiger charge is 2.14. The smallest absolute Gasteiger partial charge is 0.308 e. The van der Waals surface area contributed by atoms with Gasteiger partial charge in [-0.2, -0.15) is 0 Å². The van der Waals surface area contributed by atoms with Crippen LogP contribution in [0.4, 0.5) is 10.1 Å². The van der Waals surface area contributed by atoms with Crippen LogP contribution in [0.1, 0.15) is 20.3 Å². The van der Waals surface area contributed by atoms with Crippen LogP contribution in [-0.4, -0.2) is 24.2 Å². The lowest BCUT2D eigenvalue weighted by atomic mass is 10.1. The maximum atomic E-state index is 13.5. The fraction of sp³-hybridized carbons (Fsp3) is 0.462. The molecule has 0 fully saturated rings. The van der Waals surface area contributed by atoms with Crippen molar-refractivity contribution in [2.24, 2.45) is 5.92 Å². The molecular formula is C13H18FNO3. The minimum absolute atomic E-state index is 0.202. The average Bonchev–Trinajstić information content (AvgIpc) is 2.33. The molecule has 0 spiro atoms. The maximum absolute atomic E-state index is 13.5. The summed E-state index contributed by atoms with van der Waals surface area (Å²) >= 11 is 0. The number of nitrogens with one attached hydrogen (secondary N) is 1. The first kappa shape index (κ1) is 14.3. The molecular weight excluding hydrogens is 237 g/mol. The van der Waals surface area contributed by atoms with E-state index in [9.17, 15) is 9.18 Å². The summed E-state index contributed by atoms with van der Waals surface area (Å²) in [6, 6.07) is 4.51. The quantitative estimate of drug-likeness (QED) is 0.786. The number of carbonyl (C=O) groups is 1. The monoisotopic (exact) mass is 255 g/mol. The number of aliphatic carboxylic acids is 1. The van der Waals surface area contributed by atoms with Crippen LogP contribution in [-0.2, 0) is 4.79 Å². The molecule has 1 aromatic carbocycles. The number of hydrogen-bond acceptors (Lipinski definition) is 3. The summed E-state index contributed by atoms with van der Waals surface area (Å²) in [6.07, 6.45) is 0.530. The topological polar surface area (TPSA) is 58.6 Å². The van der Waals surface area contributed by atoms with Gasteiger partial charge in [-0.05, 0) is 25.5 Å². The summed E-state index contributed by atoms with van der Waals surface area (Å²) in [4.78, 5) is 10.8. The van der Waals surface area contributed by atoms with Crippen molar-refractivity contribution < 1.29 is 19.0 Å². The van der Waals surface area contributed by atoms with Crippen molar-refractivity contribution in [1.29, 1.82) is 0 Å². The van der Waals surface area contributed by atoms with E-state index in [-0.39, 0.29) is 12.3 Å². The van der Waals surface area contributed by atoms with Gasteiger partial charge in [-0.1, -0.05) is 6.92 Å². The Kier molecular flexibility index (Phi) is 5.42. The molecule has 1 aromatic rings. The number of ether oxygens (including phenoxy) is 1. The molecule has 0 bridgehead atoms. The highest BCUT2D eigenvalue weighted by Crippen LogP contribution is 2.21. The number of benzene rings is 1. The Hall–Kier alpha value is -1.78. The molecule has 0 aromatic heterocycles. The third kappa shape index (κ3) is 3.91. The largest absolute Gasteiger partial charge is 0.491 e. The number of anilines is 1. The van der Waals surface area contributed by atoms with Gasteiger partial charge in [-0.3, -0.25) is 4.79 Å². The van der Waals surface area contributed by atoms with Gasteiger partial charge in [0, 0.05) is 18.3 Å². The Morgan fingerprint density at radius 1 is 1.50 bits per heavy atom. The van der Waals surface area contributed by atoms with E-state index in [1.807, 2.05) is 0 Å². The number of carboxylic acids is 1. The molecule has 0 saturated carbocycles. The minimum atomic E-state index is -0.851. The molecule has 0 aliphatic carbocycles. The Balaban J connectivity index is 2.63. The normalized spacial score (nSPS) is 11.9. The number of rotatable bonds is 7. The van der Waals surface area contributed by atoms with Crippen molar-refractivity contribution in [2.75, 3.05) is 18.5 Å². The Bertz CT molecular complexity index is 409. The lowest BCUT2D eigenvalue weighted by molar-refractivity contribution is -0.141. The zero-order valence-electron chi connectivity index (χ0n) is 10.6. The first-order valence-corrected chi connectivity index (χ1v) is 5.97. The van der Waals surface area contributed by atoms with Crippen LogP contribution in [0.3, 0.4) is 0 Å². The SMILES string of the molecule is CCOc1ccc(NCC(CC)C(=O)O)cc1F. The molecule has 1 rings (SSSR count). The van der Waals surface area contributed by atoms with Gasteiger partial charge in [0.1, 0.15) is 0 Å². The van der Waals surface area contributed by atoms with E-state index in [0.717, 1.165) is 0 Å². The number of halogens is 1. The molecule has 1 atom stereocenters.